The molecule has 2 aromatic rings. The minimum atomic E-state index is 0. The molecule has 0 aliphatic carbocycles. The number of aryl methyl sites for hydroxylation is 2. The van der Waals surface area contributed by atoms with Crippen molar-refractivity contribution >= 4 is 18.3 Å². The van der Waals surface area contributed by atoms with Gasteiger partial charge < -0.3 is 15.0 Å². The number of amides is 1. The van der Waals surface area contributed by atoms with Crippen molar-refractivity contribution in [3.05, 3.63) is 41.6 Å². The van der Waals surface area contributed by atoms with Crippen molar-refractivity contribution in [1.82, 2.24) is 20.0 Å². The Morgan fingerprint density at radius 2 is 1.96 bits per heavy atom. The fraction of sp³-hybridized carbons (Fsp3) is 0.412. The van der Waals surface area contributed by atoms with Gasteiger partial charge in [-0.1, -0.05) is 18.2 Å². The summed E-state index contributed by atoms with van der Waals surface area (Å²) in [7, 11) is 5.39. The molecule has 132 valence electrons. The van der Waals surface area contributed by atoms with E-state index in [4.69, 9.17) is 4.74 Å². The van der Waals surface area contributed by atoms with Crippen LogP contribution in [0.5, 0.6) is 11.6 Å². The number of carbonyl (C=O) groups excluding carboxylic acids is 1. The van der Waals surface area contributed by atoms with Crippen LogP contribution in [-0.4, -0.2) is 41.2 Å². The van der Waals surface area contributed by atoms with Gasteiger partial charge in [-0.2, -0.15) is 5.10 Å². The summed E-state index contributed by atoms with van der Waals surface area (Å²) in [5, 5.41) is 7.71. The third-order valence-electron chi connectivity index (χ3n) is 3.56. The lowest BCUT2D eigenvalue weighted by molar-refractivity contribution is -0.128. The van der Waals surface area contributed by atoms with Gasteiger partial charge in [-0.15, -0.1) is 12.4 Å². The van der Waals surface area contributed by atoms with E-state index >= 15 is 0 Å². The second kappa shape index (κ2) is 9.30. The maximum Gasteiger partial charge on any atom is 0.223 e. The van der Waals surface area contributed by atoms with Crippen molar-refractivity contribution < 1.29 is 9.53 Å². The quantitative estimate of drug-likeness (QED) is 0.778. The first-order valence-electron chi connectivity index (χ1n) is 7.65. The fourth-order valence-corrected chi connectivity index (χ4v) is 2.24. The summed E-state index contributed by atoms with van der Waals surface area (Å²) in [5.74, 6) is 1.61. The first-order chi connectivity index (χ1) is 11.0. The topological polar surface area (TPSA) is 59.4 Å². The van der Waals surface area contributed by atoms with Crippen molar-refractivity contribution in [1.29, 1.82) is 0 Å². The van der Waals surface area contributed by atoms with Crippen LogP contribution < -0.4 is 10.1 Å². The fourth-order valence-electron chi connectivity index (χ4n) is 2.24. The Kier molecular flexibility index (Phi) is 7.74. The van der Waals surface area contributed by atoms with Crippen molar-refractivity contribution in [2.75, 3.05) is 20.6 Å². The van der Waals surface area contributed by atoms with E-state index in [0.717, 1.165) is 22.9 Å². The van der Waals surface area contributed by atoms with Crippen LogP contribution in [0, 0.1) is 6.92 Å². The Balaban J connectivity index is 0.00000288. The second-order valence-corrected chi connectivity index (χ2v) is 5.62. The summed E-state index contributed by atoms with van der Waals surface area (Å²) in [6.45, 7) is 3.19. The first-order valence-corrected chi connectivity index (χ1v) is 7.65. The Morgan fingerprint density at radius 3 is 2.58 bits per heavy atom. The summed E-state index contributed by atoms with van der Waals surface area (Å²) in [5.41, 5.74) is 1.93. The average Bonchev–Trinajstić information content (AvgIpc) is 2.78. The zero-order valence-electron chi connectivity index (χ0n) is 14.6. The molecule has 0 saturated carbocycles. The molecule has 1 N–H and O–H groups in total. The van der Waals surface area contributed by atoms with Crippen LogP contribution in [0.3, 0.4) is 0 Å². The number of carbonyl (C=O) groups is 1. The Bertz CT molecular complexity index is 656. The zero-order valence-corrected chi connectivity index (χ0v) is 15.4. The Hall–Kier alpha value is -2.05. The van der Waals surface area contributed by atoms with Crippen LogP contribution in [0.1, 0.15) is 17.7 Å². The van der Waals surface area contributed by atoms with Gasteiger partial charge in [-0.3, -0.25) is 4.79 Å². The maximum atomic E-state index is 11.6. The van der Waals surface area contributed by atoms with E-state index in [1.165, 1.54) is 0 Å². The van der Waals surface area contributed by atoms with E-state index in [0.29, 0.717) is 19.5 Å². The number of benzene rings is 1. The highest BCUT2D eigenvalue weighted by atomic mass is 35.5. The second-order valence-electron chi connectivity index (χ2n) is 5.62. The van der Waals surface area contributed by atoms with Gasteiger partial charge in [0.25, 0.3) is 0 Å². The average molecular weight is 353 g/mol. The number of hydrogen-bond donors (Lipinski definition) is 1. The van der Waals surface area contributed by atoms with E-state index in [2.05, 4.69) is 10.4 Å². The molecule has 0 radical (unpaired) electrons. The molecular weight excluding hydrogens is 328 g/mol. The summed E-state index contributed by atoms with van der Waals surface area (Å²) < 4.78 is 7.70. The molecule has 6 nitrogen and oxygen atoms in total. The van der Waals surface area contributed by atoms with Crippen LogP contribution >= 0.6 is 12.4 Å². The standard InChI is InChI=1S/C17H24N4O2.ClH/c1-13-15(12-18-11-10-16(22)20(2)3)17(21(4)19-13)23-14-8-6-5-7-9-14;/h5-9,18H,10-12H2,1-4H3;1H. The number of aromatic nitrogens is 2. The molecule has 0 atom stereocenters. The number of nitrogens with zero attached hydrogens (tertiary/aromatic N) is 3. The number of hydrogen-bond acceptors (Lipinski definition) is 4. The Labute approximate surface area is 149 Å². The molecule has 0 bridgehead atoms. The molecule has 0 saturated heterocycles. The Morgan fingerprint density at radius 1 is 1.29 bits per heavy atom. The molecule has 1 heterocycles. The predicted molar refractivity (Wildman–Crippen MR) is 96.7 cm³/mol. The van der Waals surface area contributed by atoms with E-state index in [9.17, 15) is 4.79 Å². The van der Waals surface area contributed by atoms with Gasteiger partial charge in [-0.25, -0.2) is 4.68 Å². The lowest BCUT2D eigenvalue weighted by Crippen LogP contribution is -2.26. The highest BCUT2D eigenvalue weighted by molar-refractivity contribution is 5.85. The van der Waals surface area contributed by atoms with E-state index in [-0.39, 0.29) is 18.3 Å². The minimum absolute atomic E-state index is 0. The lowest BCUT2D eigenvalue weighted by Gasteiger charge is -2.11. The third kappa shape index (κ3) is 5.25. The van der Waals surface area contributed by atoms with E-state index < -0.39 is 0 Å². The third-order valence-corrected chi connectivity index (χ3v) is 3.56. The van der Waals surface area contributed by atoms with Crippen molar-refractivity contribution in [3.8, 4) is 11.6 Å². The number of rotatable bonds is 7. The van der Waals surface area contributed by atoms with Gasteiger partial charge >= 0.3 is 0 Å². The molecule has 7 heteroatoms. The number of ether oxygens (including phenoxy) is 1. The van der Waals surface area contributed by atoms with Crippen LogP contribution in [0.15, 0.2) is 30.3 Å². The van der Waals surface area contributed by atoms with Gasteiger partial charge in [0.2, 0.25) is 11.8 Å². The minimum Gasteiger partial charge on any atom is -0.439 e. The van der Waals surface area contributed by atoms with Crippen LogP contribution in [0.2, 0.25) is 0 Å². The SMILES string of the molecule is Cc1nn(C)c(Oc2ccccc2)c1CNCCC(=O)N(C)C.Cl. The van der Waals surface area contributed by atoms with E-state index in [1.54, 1.807) is 23.7 Å². The summed E-state index contributed by atoms with van der Waals surface area (Å²) in [6.07, 6.45) is 0.473. The van der Waals surface area contributed by atoms with Crippen LogP contribution in [0.4, 0.5) is 0 Å². The molecule has 0 spiro atoms. The van der Waals surface area contributed by atoms with Crippen molar-refractivity contribution in [3.63, 3.8) is 0 Å². The van der Waals surface area contributed by atoms with Gasteiger partial charge in [0.05, 0.1) is 11.3 Å². The molecule has 0 aliphatic heterocycles. The van der Waals surface area contributed by atoms with Gasteiger partial charge in [-0.05, 0) is 19.1 Å². The maximum absolute atomic E-state index is 11.6. The molecule has 0 unspecified atom stereocenters. The van der Waals surface area contributed by atoms with Gasteiger partial charge in [0, 0.05) is 40.7 Å². The largest absolute Gasteiger partial charge is 0.439 e. The highest BCUT2D eigenvalue weighted by Crippen LogP contribution is 2.26. The van der Waals surface area contributed by atoms with Crippen molar-refractivity contribution in [2.24, 2.45) is 7.05 Å². The highest BCUT2D eigenvalue weighted by Gasteiger charge is 2.15. The zero-order chi connectivity index (χ0) is 16.8. The van der Waals surface area contributed by atoms with Crippen LogP contribution in [-0.2, 0) is 18.4 Å². The number of halogens is 1. The molecule has 1 amide bonds. The molecule has 24 heavy (non-hydrogen) atoms. The monoisotopic (exact) mass is 352 g/mol. The summed E-state index contributed by atoms with van der Waals surface area (Å²) in [6, 6.07) is 9.64. The smallest absolute Gasteiger partial charge is 0.223 e. The molecule has 1 aromatic carbocycles. The predicted octanol–water partition coefficient (Wildman–Crippen LogP) is 2.51. The molecule has 2 rings (SSSR count). The van der Waals surface area contributed by atoms with Crippen molar-refractivity contribution in [2.45, 2.75) is 19.9 Å². The molecular formula is C17H25ClN4O2. The lowest BCUT2D eigenvalue weighted by atomic mass is 10.2. The summed E-state index contributed by atoms with van der Waals surface area (Å²) in [4.78, 5) is 13.2. The molecule has 0 fully saturated rings. The number of para-hydroxylation sites is 1. The normalized spacial score (nSPS) is 10.2. The summed E-state index contributed by atoms with van der Waals surface area (Å²) >= 11 is 0. The number of nitrogens with one attached hydrogen (secondary N) is 1. The van der Waals surface area contributed by atoms with Crippen LogP contribution in [0.25, 0.3) is 0 Å². The molecule has 0 aliphatic rings. The van der Waals surface area contributed by atoms with E-state index in [1.807, 2.05) is 44.3 Å². The van der Waals surface area contributed by atoms with Gasteiger partial charge in [0.1, 0.15) is 5.75 Å². The van der Waals surface area contributed by atoms with Gasteiger partial charge in [0.15, 0.2) is 0 Å². The first kappa shape index (κ1) is 20.0. The molecule has 1 aromatic heterocycles.